The lowest BCUT2D eigenvalue weighted by Crippen LogP contribution is -2.19. The molecular weight excluding hydrogens is 539 g/mol. The van der Waals surface area contributed by atoms with Gasteiger partial charge in [-0.15, -0.1) is 32.9 Å². The van der Waals surface area contributed by atoms with Gasteiger partial charge in [0.05, 0.1) is 6.42 Å². The largest absolute Gasteiger partial charge is 0.339 e. The standard InChI is InChI=1S/C14H17N3OS2.C13H18N2S2/c18-12(9-11-7-4-8-19-11)15-14-17-16-13(20-14)10-5-2-1-3-6-10;1-4-5-8-17-13(14-3)15-11(2)10-12-7-6-9-16-12/h4,7-8,10H,1-3,5-6,9H2,(H,15,17,18);5-9H,2,4,10H2,1,3H3,(H,14,15)/b;8-5+. The Hall–Kier alpha value is -2.27. The molecule has 0 radical (unpaired) electrons. The Balaban J connectivity index is 0.000000209. The summed E-state index contributed by atoms with van der Waals surface area (Å²) in [5, 5.41) is 23.1. The van der Waals surface area contributed by atoms with Gasteiger partial charge in [-0.25, -0.2) is 0 Å². The van der Waals surface area contributed by atoms with Crippen molar-refractivity contribution >= 4 is 62.0 Å². The SMILES string of the molecule is C=C(Cc1cccs1)NC(=NC)S/C=C/CC.O=C(Cc1cccs1)Nc1nnc(C2CCCCC2)s1. The highest BCUT2D eigenvalue weighted by molar-refractivity contribution is 8.16. The van der Waals surface area contributed by atoms with Crippen molar-refractivity contribution in [1.29, 1.82) is 0 Å². The van der Waals surface area contributed by atoms with E-state index in [-0.39, 0.29) is 5.91 Å². The summed E-state index contributed by atoms with van der Waals surface area (Å²) < 4.78 is 0. The zero-order chi connectivity index (χ0) is 26.3. The molecule has 0 saturated heterocycles. The molecule has 1 saturated carbocycles. The van der Waals surface area contributed by atoms with Crippen molar-refractivity contribution in [2.24, 2.45) is 4.99 Å². The Labute approximate surface area is 236 Å². The molecule has 3 aromatic heterocycles. The highest BCUT2D eigenvalue weighted by Crippen LogP contribution is 2.35. The first-order valence-corrected chi connectivity index (χ1v) is 15.9. The maximum atomic E-state index is 11.9. The van der Waals surface area contributed by atoms with Crippen LogP contribution in [0.3, 0.4) is 0 Å². The summed E-state index contributed by atoms with van der Waals surface area (Å²) in [6.07, 6.45) is 10.7. The lowest BCUT2D eigenvalue weighted by atomic mass is 9.90. The first-order chi connectivity index (χ1) is 18.1. The summed E-state index contributed by atoms with van der Waals surface area (Å²) >= 11 is 6.46. The molecule has 10 heteroatoms. The van der Waals surface area contributed by atoms with Crippen LogP contribution in [0.4, 0.5) is 5.13 Å². The molecule has 198 valence electrons. The van der Waals surface area contributed by atoms with Gasteiger partial charge in [0.15, 0.2) is 5.17 Å². The molecule has 37 heavy (non-hydrogen) atoms. The van der Waals surface area contributed by atoms with Crippen LogP contribution in [-0.4, -0.2) is 28.3 Å². The molecule has 0 atom stereocenters. The number of thiophene rings is 2. The van der Waals surface area contributed by atoms with Crippen LogP contribution in [0, 0.1) is 0 Å². The van der Waals surface area contributed by atoms with Gasteiger partial charge in [0.2, 0.25) is 11.0 Å². The fourth-order valence-electron chi connectivity index (χ4n) is 3.70. The Morgan fingerprint density at radius 2 is 1.84 bits per heavy atom. The number of amidine groups is 1. The van der Waals surface area contributed by atoms with Crippen LogP contribution in [-0.2, 0) is 17.6 Å². The quantitative estimate of drug-likeness (QED) is 0.201. The van der Waals surface area contributed by atoms with E-state index in [1.54, 1.807) is 41.5 Å². The van der Waals surface area contributed by atoms with Gasteiger partial charge < -0.3 is 10.6 Å². The van der Waals surface area contributed by atoms with Gasteiger partial charge >= 0.3 is 0 Å². The summed E-state index contributed by atoms with van der Waals surface area (Å²) in [4.78, 5) is 18.5. The summed E-state index contributed by atoms with van der Waals surface area (Å²) in [6.45, 7) is 6.14. The van der Waals surface area contributed by atoms with Gasteiger partial charge in [-0.3, -0.25) is 9.79 Å². The minimum atomic E-state index is -0.0150. The number of amides is 1. The normalized spacial score (nSPS) is 14.3. The average Bonchev–Trinajstić information content (AvgIpc) is 3.69. The average molecular weight is 574 g/mol. The maximum absolute atomic E-state index is 11.9. The van der Waals surface area contributed by atoms with E-state index in [1.165, 1.54) is 48.3 Å². The van der Waals surface area contributed by atoms with Gasteiger partial charge in [0.25, 0.3) is 0 Å². The molecule has 1 amide bonds. The lowest BCUT2D eigenvalue weighted by molar-refractivity contribution is -0.115. The van der Waals surface area contributed by atoms with Crippen molar-refractivity contribution in [3.05, 3.63) is 73.5 Å². The summed E-state index contributed by atoms with van der Waals surface area (Å²) in [6, 6.07) is 8.10. The molecule has 3 heterocycles. The fourth-order valence-corrected chi connectivity index (χ4v) is 6.81. The van der Waals surface area contributed by atoms with Crippen LogP contribution in [0.15, 0.2) is 63.8 Å². The van der Waals surface area contributed by atoms with Crippen molar-refractivity contribution in [3.8, 4) is 0 Å². The van der Waals surface area contributed by atoms with Crippen LogP contribution >= 0.6 is 45.8 Å². The Bertz CT molecular complexity index is 1130. The number of hydrogen-bond acceptors (Lipinski definition) is 8. The minimum absolute atomic E-state index is 0.0150. The number of carbonyl (C=O) groups is 1. The molecule has 2 N–H and O–H groups in total. The van der Waals surface area contributed by atoms with E-state index in [0.717, 1.165) is 33.6 Å². The highest BCUT2D eigenvalue weighted by Gasteiger charge is 2.20. The number of allylic oxidation sites excluding steroid dienone is 2. The van der Waals surface area contributed by atoms with E-state index in [4.69, 9.17) is 0 Å². The fraction of sp³-hybridized carbons (Fsp3) is 0.407. The van der Waals surface area contributed by atoms with E-state index in [0.29, 0.717) is 17.5 Å². The Morgan fingerprint density at radius 1 is 1.14 bits per heavy atom. The molecule has 4 rings (SSSR count). The van der Waals surface area contributed by atoms with Crippen LogP contribution in [0.5, 0.6) is 0 Å². The van der Waals surface area contributed by atoms with E-state index in [1.807, 2.05) is 22.9 Å². The van der Waals surface area contributed by atoms with Gasteiger partial charge in [0.1, 0.15) is 5.01 Å². The first-order valence-electron chi connectivity index (χ1n) is 12.5. The predicted molar refractivity (Wildman–Crippen MR) is 163 cm³/mol. The Kier molecular flexibility index (Phi) is 13.1. The number of nitrogens with one attached hydrogen (secondary N) is 2. The molecule has 1 aliphatic carbocycles. The molecule has 0 bridgehead atoms. The van der Waals surface area contributed by atoms with Crippen LogP contribution in [0.1, 0.15) is 66.1 Å². The van der Waals surface area contributed by atoms with Crippen molar-refractivity contribution in [3.63, 3.8) is 0 Å². The molecule has 1 aliphatic rings. The van der Waals surface area contributed by atoms with E-state index in [9.17, 15) is 4.79 Å². The number of thioether (sulfide) groups is 1. The predicted octanol–water partition coefficient (Wildman–Crippen LogP) is 7.87. The van der Waals surface area contributed by atoms with Gasteiger partial charge in [-0.1, -0.05) is 74.1 Å². The second kappa shape index (κ2) is 16.5. The van der Waals surface area contributed by atoms with Gasteiger partial charge in [-0.05, 0) is 47.6 Å². The number of anilines is 1. The summed E-state index contributed by atoms with van der Waals surface area (Å²) in [7, 11) is 1.79. The van der Waals surface area contributed by atoms with E-state index >= 15 is 0 Å². The maximum Gasteiger partial charge on any atom is 0.231 e. The third-order valence-electron chi connectivity index (χ3n) is 5.52. The number of hydrogen-bond donors (Lipinski definition) is 2. The molecule has 0 aromatic carbocycles. The molecular formula is C27H35N5OS4. The lowest BCUT2D eigenvalue weighted by Gasteiger charge is -2.18. The van der Waals surface area contributed by atoms with Crippen molar-refractivity contribution < 1.29 is 4.79 Å². The van der Waals surface area contributed by atoms with Gasteiger partial charge in [0, 0.05) is 34.8 Å². The zero-order valence-corrected chi connectivity index (χ0v) is 24.7. The third-order valence-corrected chi connectivity index (χ3v) is 9.11. The molecule has 1 fully saturated rings. The molecule has 6 nitrogen and oxygen atoms in total. The van der Waals surface area contributed by atoms with Crippen LogP contribution < -0.4 is 10.6 Å². The zero-order valence-electron chi connectivity index (χ0n) is 21.4. The third kappa shape index (κ3) is 10.9. The number of rotatable bonds is 9. The van der Waals surface area contributed by atoms with Crippen molar-refractivity contribution in [1.82, 2.24) is 15.5 Å². The van der Waals surface area contributed by atoms with Gasteiger partial charge in [-0.2, -0.15) is 0 Å². The van der Waals surface area contributed by atoms with Crippen LogP contribution in [0.2, 0.25) is 0 Å². The first kappa shape index (κ1) is 29.3. The number of nitrogens with zero attached hydrogens (tertiary/aromatic N) is 3. The molecule has 0 spiro atoms. The second-order valence-corrected chi connectivity index (χ2v) is 12.5. The topological polar surface area (TPSA) is 79.3 Å². The number of aliphatic imine (C=N–C) groups is 1. The summed E-state index contributed by atoms with van der Waals surface area (Å²) in [5.74, 6) is 0.531. The number of aromatic nitrogens is 2. The second-order valence-electron chi connectivity index (χ2n) is 8.50. The molecule has 3 aromatic rings. The summed E-state index contributed by atoms with van der Waals surface area (Å²) in [5.41, 5.74) is 0.977. The smallest absolute Gasteiger partial charge is 0.231 e. The Morgan fingerprint density at radius 3 is 2.46 bits per heavy atom. The van der Waals surface area contributed by atoms with E-state index in [2.05, 4.69) is 62.9 Å². The van der Waals surface area contributed by atoms with E-state index < -0.39 is 0 Å². The van der Waals surface area contributed by atoms with Crippen molar-refractivity contribution in [2.45, 2.75) is 64.2 Å². The minimum Gasteiger partial charge on any atom is -0.339 e. The molecule has 0 unspecified atom stereocenters. The van der Waals surface area contributed by atoms with Crippen LogP contribution in [0.25, 0.3) is 0 Å². The highest BCUT2D eigenvalue weighted by atomic mass is 32.2. The molecule has 0 aliphatic heterocycles. The van der Waals surface area contributed by atoms with Crippen molar-refractivity contribution in [2.75, 3.05) is 12.4 Å². The number of carbonyl (C=O) groups excluding carboxylic acids is 1. The monoisotopic (exact) mass is 573 g/mol.